The van der Waals surface area contributed by atoms with E-state index in [1.54, 1.807) is 27.7 Å². The maximum Gasteiger partial charge on any atom is 0.243 e. The number of carbonyl (C=O) groups is 4. The molecule has 0 bridgehead atoms. The molecule has 35 heavy (non-hydrogen) atoms. The summed E-state index contributed by atoms with van der Waals surface area (Å²) in [4.78, 5) is 51.2. The van der Waals surface area contributed by atoms with E-state index >= 15 is 0 Å². The van der Waals surface area contributed by atoms with E-state index < -0.39 is 22.1 Å². The number of nitrogens with zero attached hydrogens (tertiary/aromatic N) is 1. The lowest BCUT2D eigenvalue weighted by Gasteiger charge is -2.36. The Balaban J connectivity index is 2.64. The van der Waals surface area contributed by atoms with Gasteiger partial charge in [-0.2, -0.15) is 0 Å². The van der Waals surface area contributed by atoms with Gasteiger partial charge in [0.2, 0.25) is 17.7 Å². The van der Waals surface area contributed by atoms with E-state index in [0.29, 0.717) is 25.9 Å². The summed E-state index contributed by atoms with van der Waals surface area (Å²) in [5.74, 6) is -0.629. The first-order chi connectivity index (χ1) is 15.7. The highest BCUT2D eigenvalue weighted by Gasteiger charge is 2.47. The lowest BCUT2D eigenvalue weighted by molar-refractivity contribution is -0.145. The number of ether oxygens (including phenoxy) is 1. The third kappa shape index (κ3) is 9.91. The fourth-order valence-electron chi connectivity index (χ4n) is 4.02. The van der Waals surface area contributed by atoms with Gasteiger partial charge in [-0.05, 0) is 66.1 Å². The van der Waals surface area contributed by atoms with Crippen LogP contribution in [0.15, 0.2) is 0 Å². The maximum atomic E-state index is 12.9. The van der Waals surface area contributed by atoms with Gasteiger partial charge in [0.15, 0.2) is 7.85 Å². The molecule has 1 rings (SSSR count). The Morgan fingerprint density at radius 3 is 2.14 bits per heavy atom. The Bertz CT molecular complexity index is 808. The largest absolute Gasteiger partial charge is 0.376 e. The minimum Gasteiger partial charge on any atom is -0.376 e. The maximum absolute atomic E-state index is 12.9. The highest BCUT2D eigenvalue weighted by Crippen LogP contribution is 2.34. The molecule has 0 aliphatic carbocycles. The van der Waals surface area contributed by atoms with Gasteiger partial charge in [0.25, 0.3) is 0 Å². The molecule has 0 aromatic carbocycles. The monoisotopic (exact) mass is 508 g/mol. The molecular formula is C26H45BN2O5S. The van der Waals surface area contributed by atoms with E-state index in [9.17, 15) is 19.2 Å². The lowest BCUT2D eigenvalue weighted by Crippen LogP contribution is -2.53. The van der Waals surface area contributed by atoms with E-state index in [-0.39, 0.29) is 46.7 Å². The molecule has 0 aromatic heterocycles. The zero-order valence-electron chi connectivity index (χ0n) is 23.4. The number of thioether (sulfide) groups is 1. The summed E-state index contributed by atoms with van der Waals surface area (Å²) < 4.78 is 6.02. The highest BCUT2D eigenvalue weighted by molar-refractivity contribution is 8.01. The smallest absolute Gasteiger partial charge is 0.243 e. The Labute approximate surface area is 217 Å². The molecule has 1 atom stereocenters. The van der Waals surface area contributed by atoms with Crippen LogP contribution < -0.4 is 5.32 Å². The van der Waals surface area contributed by atoms with Crippen LogP contribution >= 0.6 is 11.8 Å². The van der Waals surface area contributed by atoms with Gasteiger partial charge >= 0.3 is 0 Å². The molecule has 0 aromatic rings. The summed E-state index contributed by atoms with van der Waals surface area (Å²) in [6.07, 6.45) is 2.11. The zero-order valence-corrected chi connectivity index (χ0v) is 24.2. The van der Waals surface area contributed by atoms with Gasteiger partial charge in [-0.15, -0.1) is 11.8 Å². The average Bonchev–Trinajstić information content (AvgIpc) is 2.92. The number of imide groups is 1. The lowest BCUT2D eigenvalue weighted by atomic mass is 9.75. The van der Waals surface area contributed by atoms with Crippen molar-refractivity contribution in [3.63, 3.8) is 0 Å². The third-order valence-corrected chi connectivity index (χ3v) is 7.70. The summed E-state index contributed by atoms with van der Waals surface area (Å²) in [7, 11) is 5.43. The zero-order chi connectivity index (χ0) is 27.4. The van der Waals surface area contributed by atoms with Crippen LogP contribution in [0, 0.1) is 5.41 Å². The Hall–Kier alpha value is -1.35. The van der Waals surface area contributed by atoms with Crippen molar-refractivity contribution in [3.05, 3.63) is 0 Å². The molecule has 9 heteroatoms. The van der Waals surface area contributed by atoms with Crippen molar-refractivity contribution in [1.82, 2.24) is 10.2 Å². The topological polar surface area (TPSA) is 92.8 Å². The summed E-state index contributed by atoms with van der Waals surface area (Å²) in [6.45, 7) is 19.4. The molecular weight excluding hydrogens is 463 g/mol. The van der Waals surface area contributed by atoms with Gasteiger partial charge < -0.3 is 14.8 Å². The first kappa shape index (κ1) is 31.7. The first-order valence-corrected chi connectivity index (χ1v) is 13.4. The molecule has 0 saturated carbocycles. The number of likely N-dealkylation sites (tertiary alicyclic amines) is 1. The van der Waals surface area contributed by atoms with E-state index in [2.05, 4.69) is 5.32 Å². The molecule has 1 N–H and O–H groups in total. The van der Waals surface area contributed by atoms with E-state index in [0.717, 1.165) is 0 Å². The van der Waals surface area contributed by atoms with Crippen molar-refractivity contribution in [3.8, 4) is 0 Å². The van der Waals surface area contributed by atoms with Crippen LogP contribution in [-0.2, 0) is 23.9 Å². The fraction of sp³-hybridized carbons (Fsp3) is 0.846. The number of amides is 3. The quantitative estimate of drug-likeness (QED) is 0.282. The Morgan fingerprint density at radius 1 is 1.06 bits per heavy atom. The summed E-state index contributed by atoms with van der Waals surface area (Å²) in [5.41, 5.74) is -2.82. The van der Waals surface area contributed by atoms with Crippen LogP contribution in [0.25, 0.3) is 0 Å². The minimum atomic E-state index is -0.907. The number of rotatable bonds is 14. The predicted octanol–water partition coefficient (Wildman–Crippen LogP) is 4.01. The summed E-state index contributed by atoms with van der Waals surface area (Å²) in [5, 5.41) is 2.93. The summed E-state index contributed by atoms with van der Waals surface area (Å²) in [6, 6.07) is 0. The highest BCUT2D eigenvalue weighted by atomic mass is 32.2. The van der Waals surface area contributed by atoms with Gasteiger partial charge in [-0.3, -0.25) is 19.3 Å². The second-order valence-electron chi connectivity index (χ2n) is 12.5. The van der Waals surface area contributed by atoms with Crippen LogP contribution in [0.2, 0.25) is 0 Å². The first-order valence-electron chi connectivity index (χ1n) is 12.5. The normalized spacial score (nSPS) is 17.9. The second-order valence-corrected chi connectivity index (χ2v) is 14.3. The van der Waals surface area contributed by atoms with Crippen molar-refractivity contribution in [2.75, 3.05) is 6.61 Å². The molecule has 1 aliphatic rings. The molecule has 1 aliphatic heterocycles. The van der Waals surface area contributed by atoms with E-state index in [1.165, 1.54) is 16.7 Å². The van der Waals surface area contributed by atoms with Crippen molar-refractivity contribution in [2.24, 2.45) is 5.41 Å². The van der Waals surface area contributed by atoms with E-state index in [4.69, 9.17) is 12.6 Å². The van der Waals surface area contributed by atoms with Crippen molar-refractivity contribution >= 4 is 43.0 Å². The molecule has 0 spiro atoms. The van der Waals surface area contributed by atoms with Crippen molar-refractivity contribution < 1.29 is 23.9 Å². The minimum absolute atomic E-state index is 0.0368. The molecule has 1 saturated heterocycles. The van der Waals surface area contributed by atoms with Gasteiger partial charge in [0, 0.05) is 30.4 Å². The third-order valence-electron chi connectivity index (χ3n) is 6.46. The summed E-state index contributed by atoms with van der Waals surface area (Å²) >= 11 is 1.49. The van der Waals surface area contributed by atoms with Gasteiger partial charge in [0.05, 0.1) is 22.1 Å². The van der Waals surface area contributed by atoms with Crippen LogP contribution in [0.3, 0.4) is 0 Å². The molecule has 1 fully saturated rings. The van der Waals surface area contributed by atoms with Gasteiger partial charge in [-0.1, -0.05) is 27.7 Å². The van der Waals surface area contributed by atoms with Crippen LogP contribution in [0.5, 0.6) is 0 Å². The second kappa shape index (κ2) is 11.8. The van der Waals surface area contributed by atoms with Crippen LogP contribution in [0.4, 0.5) is 0 Å². The number of carbonyl (C=O) groups excluding carboxylic acids is 4. The van der Waals surface area contributed by atoms with Gasteiger partial charge in [0.1, 0.15) is 0 Å². The van der Waals surface area contributed by atoms with Gasteiger partial charge in [-0.25, -0.2) is 0 Å². The predicted molar refractivity (Wildman–Crippen MR) is 142 cm³/mol. The van der Waals surface area contributed by atoms with E-state index in [1.807, 2.05) is 41.5 Å². The SMILES string of the molecule is [B]C(=O)C(C)(C)CCOC(C)(C)CCC(C)(C)NC(=O)CC(C)(C)N1C(=O)CC(SC(C)C)C1=O. The molecule has 7 nitrogen and oxygen atoms in total. The van der Waals surface area contributed by atoms with Crippen LogP contribution in [0.1, 0.15) is 101 Å². The molecule has 3 amide bonds. The number of hydrogen-bond acceptors (Lipinski definition) is 6. The van der Waals surface area contributed by atoms with Crippen molar-refractivity contribution in [2.45, 2.75) is 129 Å². The fourth-order valence-corrected chi connectivity index (χ4v) is 5.14. The molecule has 1 unspecified atom stereocenters. The average molecular weight is 509 g/mol. The Morgan fingerprint density at radius 2 is 1.63 bits per heavy atom. The molecule has 2 radical (unpaired) electrons. The Kier molecular flexibility index (Phi) is 10.7. The standard InChI is InChI=1S/C26H45BN2O5S/c1-17(2)35-18-15-20(31)29(21(18)32)25(7,8)16-19(30)28-24(5,6)11-12-26(9,10)34-14-13-23(3,4)22(27)33/h17-18H,11-16H2,1-10H3,(H,28,30). The molecule has 1 heterocycles. The molecule has 198 valence electrons. The number of nitrogens with one attached hydrogen (secondary N) is 1. The number of hydrogen-bond donors (Lipinski definition) is 1. The van der Waals surface area contributed by atoms with Crippen molar-refractivity contribution in [1.29, 1.82) is 0 Å². The van der Waals surface area contributed by atoms with Crippen LogP contribution in [-0.4, -0.2) is 69.9 Å².